The molecule has 0 saturated carbocycles. The quantitative estimate of drug-likeness (QED) is 0.742. The average molecular weight is 285 g/mol. The predicted molar refractivity (Wildman–Crippen MR) is 77.4 cm³/mol. The van der Waals surface area contributed by atoms with Crippen molar-refractivity contribution in [2.45, 2.75) is 25.4 Å². The maximum atomic E-state index is 5.56. The fourth-order valence-electron chi connectivity index (χ4n) is 3.65. The van der Waals surface area contributed by atoms with Crippen LogP contribution in [0.2, 0.25) is 0 Å². The third-order valence-corrected chi connectivity index (χ3v) is 5.68. The molecule has 0 aliphatic carbocycles. The number of benzene rings is 1. The molecule has 1 atom stereocenters. The monoisotopic (exact) mass is 285 g/mol. The van der Waals surface area contributed by atoms with Gasteiger partial charge in [0.25, 0.3) is 0 Å². The molecule has 1 aromatic heterocycles. The number of thiophene rings is 1. The Morgan fingerprint density at radius 1 is 1.15 bits per heavy atom. The molecular weight excluding hydrogens is 270 g/mol. The van der Waals surface area contributed by atoms with E-state index in [4.69, 9.17) is 9.47 Å². The minimum atomic E-state index is 0.363. The molecule has 0 bridgehead atoms. The van der Waals surface area contributed by atoms with E-state index in [0.717, 1.165) is 37.4 Å². The van der Waals surface area contributed by atoms with Gasteiger partial charge < -0.3 is 9.47 Å². The summed E-state index contributed by atoms with van der Waals surface area (Å²) in [6.07, 6.45) is 2.25. The molecule has 3 nitrogen and oxygen atoms in total. The van der Waals surface area contributed by atoms with Crippen LogP contribution < -0.4 is 9.47 Å². The van der Waals surface area contributed by atoms with Gasteiger partial charge in [-0.1, -0.05) is 0 Å². The van der Waals surface area contributed by atoms with Gasteiger partial charge in [-0.25, -0.2) is 0 Å². The van der Waals surface area contributed by atoms with E-state index in [1.807, 2.05) is 11.3 Å². The zero-order valence-corrected chi connectivity index (χ0v) is 11.9. The molecule has 5 rings (SSSR count). The Kier molecular flexibility index (Phi) is 2.23. The molecule has 1 unspecified atom stereocenters. The fraction of sp³-hybridized carbons (Fsp3) is 0.375. The second kappa shape index (κ2) is 3.99. The standard InChI is InChI=1S/C16H15NO2S/c1-3-17-8-11-2-4-20-16(11)7-13(17)12-6-15-14(5-10(1)12)18-9-19-15/h2,4-6,13H,1,3,7-9H2. The molecule has 0 spiro atoms. The van der Waals surface area contributed by atoms with Gasteiger partial charge in [-0.15, -0.1) is 11.3 Å². The molecule has 0 amide bonds. The molecule has 4 heterocycles. The lowest BCUT2D eigenvalue weighted by molar-refractivity contribution is 0.162. The van der Waals surface area contributed by atoms with Crippen LogP contribution in [0.5, 0.6) is 11.5 Å². The van der Waals surface area contributed by atoms with Crippen LogP contribution in [0, 0.1) is 0 Å². The van der Waals surface area contributed by atoms with Gasteiger partial charge in [0.05, 0.1) is 0 Å². The summed E-state index contributed by atoms with van der Waals surface area (Å²) in [4.78, 5) is 4.16. The predicted octanol–water partition coefficient (Wildman–Crippen LogP) is 3.13. The highest BCUT2D eigenvalue weighted by atomic mass is 32.1. The fourth-order valence-corrected chi connectivity index (χ4v) is 4.59. The van der Waals surface area contributed by atoms with Crippen LogP contribution in [0.25, 0.3) is 0 Å². The Balaban J connectivity index is 1.62. The Morgan fingerprint density at radius 3 is 3.00 bits per heavy atom. The van der Waals surface area contributed by atoms with Gasteiger partial charge in [0.2, 0.25) is 6.79 Å². The highest BCUT2D eigenvalue weighted by Gasteiger charge is 2.34. The summed E-state index contributed by atoms with van der Waals surface area (Å²) >= 11 is 1.90. The van der Waals surface area contributed by atoms with E-state index in [1.54, 1.807) is 4.88 Å². The number of rotatable bonds is 0. The summed E-state index contributed by atoms with van der Waals surface area (Å²) in [5.41, 5.74) is 4.41. The van der Waals surface area contributed by atoms with Gasteiger partial charge in [-0.2, -0.15) is 0 Å². The van der Waals surface area contributed by atoms with Gasteiger partial charge in [0.1, 0.15) is 0 Å². The maximum absolute atomic E-state index is 5.56. The number of nitrogens with zero attached hydrogens (tertiary/aromatic N) is 1. The van der Waals surface area contributed by atoms with Gasteiger partial charge in [-0.05, 0) is 46.7 Å². The summed E-state index contributed by atoms with van der Waals surface area (Å²) in [5, 5.41) is 2.23. The van der Waals surface area contributed by atoms with Gasteiger partial charge >= 0.3 is 0 Å². The van der Waals surface area contributed by atoms with Crippen LogP contribution in [0.3, 0.4) is 0 Å². The molecule has 1 aromatic carbocycles. The summed E-state index contributed by atoms with van der Waals surface area (Å²) < 4.78 is 11.1. The van der Waals surface area contributed by atoms with E-state index in [2.05, 4.69) is 28.5 Å². The molecule has 102 valence electrons. The molecular formula is C16H15NO2S. The van der Waals surface area contributed by atoms with E-state index in [9.17, 15) is 0 Å². The van der Waals surface area contributed by atoms with Crippen molar-refractivity contribution in [1.82, 2.24) is 4.90 Å². The second-order valence-corrected chi connectivity index (χ2v) is 6.71. The van der Waals surface area contributed by atoms with Crippen LogP contribution >= 0.6 is 11.3 Å². The maximum Gasteiger partial charge on any atom is 0.231 e. The van der Waals surface area contributed by atoms with E-state index in [0.29, 0.717) is 12.8 Å². The summed E-state index contributed by atoms with van der Waals surface area (Å²) in [6, 6.07) is 7.21. The molecule has 0 saturated heterocycles. The van der Waals surface area contributed by atoms with Crippen LogP contribution in [-0.2, 0) is 19.4 Å². The Labute approximate surface area is 121 Å². The minimum absolute atomic E-state index is 0.363. The van der Waals surface area contributed by atoms with Gasteiger partial charge in [-0.3, -0.25) is 4.90 Å². The molecule has 3 aliphatic rings. The molecule has 2 aromatic rings. The first-order valence-electron chi connectivity index (χ1n) is 7.10. The van der Waals surface area contributed by atoms with E-state index in [-0.39, 0.29) is 0 Å². The lowest BCUT2D eigenvalue weighted by atomic mass is 9.87. The van der Waals surface area contributed by atoms with Gasteiger partial charge in [0, 0.05) is 30.4 Å². The third kappa shape index (κ3) is 1.49. The second-order valence-electron chi connectivity index (χ2n) is 5.71. The van der Waals surface area contributed by atoms with E-state index >= 15 is 0 Å². The number of fused-ring (bicyclic) bond motifs is 5. The topological polar surface area (TPSA) is 21.7 Å². The Morgan fingerprint density at radius 2 is 2.05 bits per heavy atom. The Hall–Kier alpha value is -1.52. The highest BCUT2D eigenvalue weighted by Crippen LogP contribution is 2.44. The molecule has 4 heteroatoms. The lowest BCUT2D eigenvalue weighted by Gasteiger charge is -2.40. The SMILES string of the molecule is c1cc2c(s1)CC1c3cc4c(cc3CCN1C2)OCO4. The molecule has 20 heavy (non-hydrogen) atoms. The summed E-state index contributed by atoms with van der Waals surface area (Å²) in [6.45, 7) is 2.60. The van der Waals surface area contributed by atoms with Crippen molar-refractivity contribution in [1.29, 1.82) is 0 Å². The number of hydrogen-bond acceptors (Lipinski definition) is 4. The normalized spacial score (nSPS) is 23.1. The summed E-state index contributed by atoms with van der Waals surface area (Å²) in [5.74, 6) is 1.84. The van der Waals surface area contributed by atoms with Crippen molar-refractivity contribution in [2.24, 2.45) is 0 Å². The smallest absolute Gasteiger partial charge is 0.231 e. The summed E-state index contributed by atoms with van der Waals surface area (Å²) in [7, 11) is 0. The average Bonchev–Trinajstić information content (AvgIpc) is 3.10. The number of hydrogen-bond donors (Lipinski definition) is 0. The molecule has 3 aliphatic heterocycles. The zero-order valence-electron chi connectivity index (χ0n) is 11.1. The van der Waals surface area contributed by atoms with E-state index in [1.165, 1.54) is 16.7 Å². The van der Waals surface area contributed by atoms with Crippen molar-refractivity contribution < 1.29 is 9.47 Å². The first-order chi connectivity index (χ1) is 9.88. The van der Waals surface area contributed by atoms with Crippen molar-refractivity contribution in [3.63, 3.8) is 0 Å². The Bertz CT molecular complexity index is 694. The first kappa shape index (κ1) is 11.2. The third-order valence-electron chi connectivity index (χ3n) is 4.69. The molecule has 0 radical (unpaired) electrons. The van der Waals surface area contributed by atoms with Crippen LogP contribution in [0.1, 0.15) is 27.6 Å². The van der Waals surface area contributed by atoms with Crippen molar-refractivity contribution in [3.05, 3.63) is 45.1 Å². The van der Waals surface area contributed by atoms with Crippen LogP contribution in [-0.4, -0.2) is 18.2 Å². The zero-order chi connectivity index (χ0) is 13.1. The minimum Gasteiger partial charge on any atom is -0.454 e. The largest absolute Gasteiger partial charge is 0.454 e. The highest BCUT2D eigenvalue weighted by molar-refractivity contribution is 7.10. The van der Waals surface area contributed by atoms with Crippen molar-refractivity contribution >= 4 is 11.3 Å². The van der Waals surface area contributed by atoms with Crippen LogP contribution in [0.15, 0.2) is 23.6 Å². The molecule has 0 fully saturated rings. The van der Waals surface area contributed by atoms with Crippen molar-refractivity contribution in [3.8, 4) is 11.5 Å². The molecule has 0 N–H and O–H groups in total. The van der Waals surface area contributed by atoms with Crippen LogP contribution in [0.4, 0.5) is 0 Å². The first-order valence-corrected chi connectivity index (χ1v) is 7.98. The van der Waals surface area contributed by atoms with Gasteiger partial charge in [0.15, 0.2) is 11.5 Å². The number of ether oxygens (including phenoxy) is 2. The lowest BCUT2D eigenvalue weighted by Crippen LogP contribution is -2.38. The van der Waals surface area contributed by atoms with E-state index < -0.39 is 0 Å². The van der Waals surface area contributed by atoms with Crippen molar-refractivity contribution in [2.75, 3.05) is 13.3 Å².